The Labute approximate surface area is 142 Å². The van der Waals surface area contributed by atoms with Gasteiger partial charge in [-0.25, -0.2) is 0 Å². The predicted molar refractivity (Wildman–Crippen MR) is 88.2 cm³/mol. The number of nitrogens with zero attached hydrogens (tertiary/aromatic N) is 1. The molecule has 1 aromatic heterocycles. The molecule has 1 N–H and O–H groups in total. The Morgan fingerprint density at radius 3 is 2.48 bits per heavy atom. The summed E-state index contributed by atoms with van der Waals surface area (Å²) in [6.45, 7) is 0.999. The van der Waals surface area contributed by atoms with E-state index in [2.05, 4.69) is 4.98 Å². The normalized spacial score (nSPS) is 14.6. The quantitative estimate of drug-likeness (QED) is 0.698. The molecular weight excluding hydrogens is 329 g/mol. The molecule has 25 heavy (non-hydrogen) atoms. The van der Waals surface area contributed by atoms with Crippen LogP contribution in [0.4, 0.5) is 13.2 Å². The summed E-state index contributed by atoms with van der Waals surface area (Å²) >= 11 is 0. The summed E-state index contributed by atoms with van der Waals surface area (Å²) in [6, 6.07) is 12.3. The molecule has 0 saturated heterocycles. The van der Waals surface area contributed by atoms with Crippen molar-refractivity contribution in [3.63, 3.8) is 0 Å². The lowest BCUT2D eigenvalue weighted by atomic mass is 10.0. The van der Waals surface area contributed by atoms with E-state index in [1.165, 1.54) is 12.1 Å². The number of aromatic amines is 1. The molecule has 0 radical (unpaired) electrons. The third-order valence-electron chi connectivity index (χ3n) is 4.63. The number of aromatic nitrogens is 1. The zero-order chi connectivity index (χ0) is 17.6. The molecule has 0 aliphatic carbocycles. The van der Waals surface area contributed by atoms with Crippen LogP contribution in [-0.2, 0) is 19.1 Å². The molecule has 0 atom stereocenters. The number of hydrogen-bond donors (Lipinski definition) is 1. The average Bonchev–Trinajstić information content (AvgIpc) is 2.98. The van der Waals surface area contributed by atoms with Crippen LogP contribution in [0.2, 0.25) is 0 Å². The van der Waals surface area contributed by atoms with Crippen molar-refractivity contribution < 1.29 is 18.0 Å². The van der Waals surface area contributed by atoms with Crippen molar-refractivity contribution >= 4 is 16.8 Å². The minimum atomic E-state index is -4.40. The molecule has 0 bridgehead atoms. The summed E-state index contributed by atoms with van der Waals surface area (Å²) in [5, 5.41) is 1.09. The van der Waals surface area contributed by atoms with Gasteiger partial charge in [0.1, 0.15) is 0 Å². The van der Waals surface area contributed by atoms with Crippen molar-refractivity contribution in [2.45, 2.75) is 19.1 Å². The highest BCUT2D eigenvalue weighted by molar-refractivity contribution is 5.95. The minimum Gasteiger partial charge on any atom is -0.358 e. The van der Waals surface area contributed by atoms with Crippen LogP contribution in [0, 0.1) is 0 Å². The molecule has 2 aromatic carbocycles. The van der Waals surface area contributed by atoms with Crippen molar-refractivity contribution in [1.29, 1.82) is 0 Å². The SMILES string of the molecule is O=C(c1ccc(C(F)(F)F)cc1)N1CCc2[nH]c3ccccc3c2C1. The fourth-order valence-electron chi connectivity index (χ4n) is 3.32. The zero-order valence-corrected chi connectivity index (χ0v) is 13.2. The Morgan fingerprint density at radius 2 is 1.76 bits per heavy atom. The highest BCUT2D eigenvalue weighted by Crippen LogP contribution is 2.30. The number of benzene rings is 2. The fraction of sp³-hybridized carbons (Fsp3) is 0.211. The topological polar surface area (TPSA) is 36.1 Å². The van der Waals surface area contributed by atoms with Crippen molar-refractivity contribution in [3.05, 3.63) is 70.9 Å². The Balaban J connectivity index is 1.60. The van der Waals surface area contributed by atoms with Crippen LogP contribution >= 0.6 is 0 Å². The number of rotatable bonds is 1. The Bertz CT molecular complexity index is 941. The molecule has 3 nitrogen and oxygen atoms in total. The van der Waals surface area contributed by atoms with Gasteiger partial charge in [-0.05, 0) is 30.3 Å². The van der Waals surface area contributed by atoms with Crippen LogP contribution in [-0.4, -0.2) is 22.3 Å². The van der Waals surface area contributed by atoms with Gasteiger partial charge in [0.25, 0.3) is 5.91 Å². The second-order valence-corrected chi connectivity index (χ2v) is 6.18. The predicted octanol–water partition coefficient (Wildman–Crippen LogP) is 4.39. The number of H-pyrrole nitrogens is 1. The van der Waals surface area contributed by atoms with Gasteiger partial charge < -0.3 is 9.88 Å². The maximum absolute atomic E-state index is 12.7. The lowest BCUT2D eigenvalue weighted by Crippen LogP contribution is -2.35. The van der Waals surface area contributed by atoms with Crippen molar-refractivity contribution in [2.75, 3.05) is 6.54 Å². The van der Waals surface area contributed by atoms with E-state index in [-0.39, 0.29) is 11.5 Å². The molecule has 4 rings (SSSR count). The van der Waals surface area contributed by atoms with Gasteiger partial charge in [0.15, 0.2) is 0 Å². The Morgan fingerprint density at radius 1 is 1.04 bits per heavy atom. The summed E-state index contributed by atoms with van der Waals surface area (Å²) in [5.41, 5.74) is 2.77. The number of hydrogen-bond acceptors (Lipinski definition) is 1. The number of carbonyl (C=O) groups is 1. The number of halogens is 3. The third kappa shape index (κ3) is 2.77. The first-order valence-electron chi connectivity index (χ1n) is 7.98. The summed E-state index contributed by atoms with van der Waals surface area (Å²) in [4.78, 5) is 17.7. The molecule has 2 heterocycles. The Kier molecular flexibility index (Phi) is 3.56. The zero-order valence-electron chi connectivity index (χ0n) is 13.2. The number of fused-ring (bicyclic) bond motifs is 3. The van der Waals surface area contributed by atoms with E-state index in [4.69, 9.17) is 0 Å². The van der Waals surface area contributed by atoms with E-state index in [1.54, 1.807) is 4.90 Å². The van der Waals surface area contributed by atoms with Gasteiger partial charge in [-0.2, -0.15) is 13.2 Å². The molecule has 0 unspecified atom stereocenters. The van der Waals surface area contributed by atoms with Gasteiger partial charge in [0.05, 0.1) is 5.56 Å². The second-order valence-electron chi connectivity index (χ2n) is 6.18. The van der Waals surface area contributed by atoms with Crippen LogP contribution < -0.4 is 0 Å². The number of para-hydroxylation sites is 1. The monoisotopic (exact) mass is 344 g/mol. The number of amides is 1. The van der Waals surface area contributed by atoms with Crippen LogP contribution in [0.3, 0.4) is 0 Å². The highest BCUT2D eigenvalue weighted by Gasteiger charge is 2.31. The van der Waals surface area contributed by atoms with Gasteiger partial charge in [-0.15, -0.1) is 0 Å². The van der Waals surface area contributed by atoms with E-state index in [0.717, 1.165) is 34.3 Å². The molecule has 6 heteroatoms. The molecule has 0 fully saturated rings. The molecule has 3 aromatic rings. The van der Waals surface area contributed by atoms with Gasteiger partial charge in [-0.1, -0.05) is 18.2 Å². The van der Waals surface area contributed by atoms with Gasteiger partial charge in [0.2, 0.25) is 0 Å². The van der Waals surface area contributed by atoms with E-state index < -0.39 is 11.7 Å². The van der Waals surface area contributed by atoms with Crippen molar-refractivity contribution in [2.24, 2.45) is 0 Å². The molecule has 128 valence electrons. The van der Waals surface area contributed by atoms with Crippen molar-refractivity contribution in [1.82, 2.24) is 9.88 Å². The fourth-order valence-corrected chi connectivity index (χ4v) is 3.32. The number of nitrogens with one attached hydrogen (secondary N) is 1. The molecule has 0 saturated carbocycles. The molecule has 1 amide bonds. The first-order valence-corrected chi connectivity index (χ1v) is 7.98. The van der Waals surface area contributed by atoms with Crippen LogP contribution in [0.25, 0.3) is 10.9 Å². The summed E-state index contributed by atoms with van der Waals surface area (Å²) in [6.07, 6.45) is -3.69. The molecule has 1 aliphatic heterocycles. The molecular formula is C19H15F3N2O. The first-order chi connectivity index (χ1) is 11.9. The smallest absolute Gasteiger partial charge is 0.358 e. The second kappa shape index (κ2) is 5.65. The molecule has 0 spiro atoms. The maximum Gasteiger partial charge on any atom is 0.416 e. The highest BCUT2D eigenvalue weighted by atomic mass is 19.4. The maximum atomic E-state index is 12.7. The summed E-state index contributed by atoms with van der Waals surface area (Å²) in [7, 11) is 0. The summed E-state index contributed by atoms with van der Waals surface area (Å²) < 4.78 is 38.0. The van der Waals surface area contributed by atoms with Crippen LogP contribution in [0.1, 0.15) is 27.2 Å². The minimum absolute atomic E-state index is 0.246. The Hall–Kier alpha value is -2.76. The standard InChI is InChI=1S/C19H15F3N2O/c20-19(21,22)13-7-5-12(6-8-13)18(25)24-10-9-17-15(11-24)14-3-1-2-4-16(14)23-17/h1-8,23H,9-11H2. The number of carbonyl (C=O) groups excluding carboxylic acids is 1. The van der Waals surface area contributed by atoms with E-state index in [1.807, 2.05) is 24.3 Å². The largest absolute Gasteiger partial charge is 0.416 e. The average molecular weight is 344 g/mol. The van der Waals surface area contributed by atoms with Gasteiger partial charge in [0, 0.05) is 47.2 Å². The number of alkyl halides is 3. The van der Waals surface area contributed by atoms with E-state index in [0.29, 0.717) is 19.5 Å². The van der Waals surface area contributed by atoms with Crippen molar-refractivity contribution in [3.8, 4) is 0 Å². The lowest BCUT2D eigenvalue weighted by molar-refractivity contribution is -0.137. The molecule has 1 aliphatic rings. The van der Waals surface area contributed by atoms with E-state index >= 15 is 0 Å². The van der Waals surface area contributed by atoms with Crippen LogP contribution in [0.5, 0.6) is 0 Å². The first kappa shape index (κ1) is 15.7. The van der Waals surface area contributed by atoms with E-state index in [9.17, 15) is 18.0 Å². The lowest BCUT2D eigenvalue weighted by Gasteiger charge is -2.27. The van der Waals surface area contributed by atoms with Crippen LogP contribution in [0.15, 0.2) is 48.5 Å². The van der Waals surface area contributed by atoms with Gasteiger partial charge in [-0.3, -0.25) is 4.79 Å². The van der Waals surface area contributed by atoms with Gasteiger partial charge >= 0.3 is 6.18 Å². The third-order valence-corrected chi connectivity index (χ3v) is 4.63. The summed E-state index contributed by atoms with van der Waals surface area (Å²) in [5.74, 6) is -0.246.